The average molecular weight is 150 g/mol. The fourth-order valence-electron chi connectivity index (χ4n) is 0.483. The van der Waals surface area contributed by atoms with Crippen LogP contribution in [0.15, 0.2) is 0 Å². The Morgan fingerprint density at radius 2 is 1.44 bits per heavy atom. The third kappa shape index (κ3) is 4.75. The van der Waals surface area contributed by atoms with Crippen LogP contribution in [0.5, 0.6) is 0 Å². The maximum Gasteiger partial charge on any atom is 0.0547 e. The molecule has 0 aromatic rings. The molecule has 2 nitrogen and oxygen atoms in total. The van der Waals surface area contributed by atoms with Gasteiger partial charge in [-0.1, -0.05) is 13.8 Å². The van der Waals surface area contributed by atoms with E-state index in [9.17, 15) is 0 Å². The zero-order chi connectivity index (χ0) is 7.28. The Hall–Kier alpha value is 0.270. The summed E-state index contributed by atoms with van der Waals surface area (Å²) in [5.41, 5.74) is 0. The molecule has 0 aromatic carbocycles. The van der Waals surface area contributed by atoms with Crippen LogP contribution in [0.4, 0.5) is 0 Å². The van der Waals surface area contributed by atoms with Gasteiger partial charge in [0.15, 0.2) is 0 Å². The number of aliphatic hydroxyl groups is 2. The molecule has 0 rings (SSSR count). The fourth-order valence-corrected chi connectivity index (χ4v) is 1.45. The molecule has 2 unspecified atom stereocenters. The third-order valence-electron chi connectivity index (χ3n) is 0.979. The van der Waals surface area contributed by atoms with Crippen molar-refractivity contribution >= 4 is 11.8 Å². The van der Waals surface area contributed by atoms with Gasteiger partial charge in [-0.25, -0.2) is 0 Å². The van der Waals surface area contributed by atoms with E-state index in [1.165, 1.54) is 0 Å². The Labute approximate surface area is 60.3 Å². The molecule has 0 spiro atoms. The Morgan fingerprint density at radius 3 is 1.67 bits per heavy atom. The maximum absolute atomic E-state index is 8.58. The van der Waals surface area contributed by atoms with Crippen LogP contribution in [-0.4, -0.2) is 33.9 Å². The van der Waals surface area contributed by atoms with Crippen LogP contribution in [0.3, 0.4) is 0 Å². The standard InChI is InChI=1S/C6H14O2S/c1-5(3-7)9-6(2)4-8/h5-8H,3-4H2,1-2H3. The van der Waals surface area contributed by atoms with E-state index in [2.05, 4.69) is 0 Å². The van der Waals surface area contributed by atoms with Crippen LogP contribution in [0.25, 0.3) is 0 Å². The first kappa shape index (κ1) is 9.27. The van der Waals surface area contributed by atoms with Crippen molar-refractivity contribution in [3.8, 4) is 0 Å². The molecule has 0 fully saturated rings. The van der Waals surface area contributed by atoms with Gasteiger partial charge in [-0.2, -0.15) is 11.8 Å². The van der Waals surface area contributed by atoms with Gasteiger partial charge in [0.25, 0.3) is 0 Å². The molecule has 0 aromatic heterocycles. The molecule has 0 heterocycles. The Bertz CT molecular complexity index is 60.1. The van der Waals surface area contributed by atoms with Crippen LogP contribution in [0.2, 0.25) is 0 Å². The zero-order valence-electron chi connectivity index (χ0n) is 5.87. The third-order valence-corrected chi connectivity index (χ3v) is 2.21. The maximum atomic E-state index is 8.58. The lowest BCUT2D eigenvalue weighted by Crippen LogP contribution is -2.11. The molecule has 0 aliphatic carbocycles. The summed E-state index contributed by atoms with van der Waals surface area (Å²) in [6.45, 7) is 4.26. The molecule has 0 bridgehead atoms. The summed E-state index contributed by atoms with van der Waals surface area (Å²) in [5, 5.41) is 17.6. The summed E-state index contributed by atoms with van der Waals surface area (Å²) in [4.78, 5) is 0. The van der Waals surface area contributed by atoms with E-state index >= 15 is 0 Å². The van der Waals surface area contributed by atoms with E-state index in [-0.39, 0.29) is 23.7 Å². The van der Waals surface area contributed by atoms with Gasteiger partial charge in [0, 0.05) is 10.5 Å². The molecule has 2 atom stereocenters. The van der Waals surface area contributed by atoms with Crippen LogP contribution >= 0.6 is 11.8 Å². The lowest BCUT2D eigenvalue weighted by molar-refractivity contribution is 0.292. The lowest BCUT2D eigenvalue weighted by Gasteiger charge is -2.11. The first-order chi connectivity index (χ1) is 4.20. The molecule has 9 heavy (non-hydrogen) atoms. The Balaban J connectivity index is 3.22. The molecule has 0 radical (unpaired) electrons. The molecular weight excluding hydrogens is 136 g/mol. The van der Waals surface area contributed by atoms with Gasteiger partial charge in [0.1, 0.15) is 0 Å². The van der Waals surface area contributed by atoms with Crippen molar-refractivity contribution in [1.29, 1.82) is 0 Å². The second kappa shape index (κ2) is 5.09. The molecule has 0 amide bonds. The SMILES string of the molecule is CC(CO)SC(C)CO. The van der Waals surface area contributed by atoms with E-state index in [1.807, 2.05) is 13.8 Å². The van der Waals surface area contributed by atoms with E-state index in [1.54, 1.807) is 11.8 Å². The monoisotopic (exact) mass is 150 g/mol. The van der Waals surface area contributed by atoms with Gasteiger partial charge in [-0.15, -0.1) is 0 Å². The highest BCUT2D eigenvalue weighted by Crippen LogP contribution is 2.15. The molecule has 0 saturated heterocycles. The molecule has 0 aliphatic heterocycles. The summed E-state index contributed by atoms with van der Waals surface area (Å²) < 4.78 is 0. The van der Waals surface area contributed by atoms with Gasteiger partial charge in [-0.05, 0) is 0 Å². The summed E-state index contributed by atoms with van der Waals surface area (Å²) >= 11 is 1.60. The highest BCUT2D eigenvalue weighted by molar-refractivity contribution is 8.00. The summed E-state index contributed by atoms with van der Waals surface area (Å²) in [6, 6.07) is 0. The van der Waals surface area contributed by atoms with Crippen LogP contribution in [0.1, 0.15) is 13.8 Å². The predicted octanol–water partition coefficient (Wildman–Crippen LogP) is 0.481. The molecule has 0 aliphatic rings. The number of hydrogen-bond donors (Lipinski definition) is 2. The normalized spacial score (nSPS) is 17.3. The number of thioether (sulfide) groups is 1. The van der Waals surface area contributed by atoms with Crippen molar-refractivity contribution in [3.63, 3.8) is 0 Å². The second-order valence-corrected chi connectivity index (χ2v) is 4.00. The number of aliphatic hydroxyl groups excluding tert-OH is 2. The van der Waals surface area contributed by atoms with Gasteiger partial charge in [0.05, 0.1) is 13.2 Å². The Kier molecular flexibility index (Phi) is 5.24. The van der Waals surface area contributed by atoms with Crippen molar-refractivity contribution < 1.29 is 10.2 Å². The number of rotatable bonds is 4. The predicted molar refractivity (Wildman–Crippen MR) is 40.7 cm³/mol. The summed E-state index contributed by atoms with van der Waals surface area (Å²) in [7, 11) is 0. The quantitative estimate of drug-likeness (QED) is 0.612. The van der Waals surface area contributed by atoms with Crippen LogP contribution in [-0.2, 0) is 0 Å². The highest BCUT2D eigenvalue weighted by atomic mass is 32.2. The van der Waals surface area contributed by atoms with Crippen molar-refractivity contribution in [3.05, 3.63) is 0 Å². The van der Waals surface area contributed by atoms with Crippen molar-refractivity contribution in [1.82, 2.24) is 0 Å². The fraction of sp³-hybridized carbons (Fsp3) is 1.00. The molecule has 3 heteroatoms. The summed E-state index contributed by atoms with van der Waals surface area (Å²) in [6.07, 6.45) is 0. The first-order valence-corrected chi connectivity index (χ1v) is 4.02. The van der Waals surface area contributed by atoms with Crippen molar-refractivity contribution in [2.75, 3.05) is 13.2 Å². The minimum absolute atomic E-state index is 0.189. The van der Waals surface area contributed by atoms with Gasteiger partial charge < -0.3 is 10.2 Å². The molecule has 0 saturated carbocycles. The van der Waals surface area contributed by atoms with Gasteiger partial charge in [-0.3, -0.25) is 0 Å². The van der Waals surface area contributed by atoms with Gasteiger partial charge >= 0.3 is 0 Å². The van der Waals surface area contributed by atoms with E-state index in [0.717, 1.165) is 0 Å². The van der Waals surface area contributed by atoms with Crippen molar-refractivity contribution in [2.45, 2.75) is 24.3 Å². The van der Waals surface area contributed by atoms with Crippen molar-refractivity contribution in [2.24, 2.45) is 0 Å². The molecular formula is C6H14O2S. The average Bonchev–Trinajstić information content (AvgIpc) is 1.87. The van der Waals surface area contributed by atoms with E-state index in [4.69, 9.17) is 10.2 Å². The first-order valence-electron chi connectivity index (χ1n) is 3.08. The number of hydrogen-bond acceptors (Lipinski definition) is 3. The second-order valence-electron chi connectivity index (χ2n) is 2.12. The molecule has 56 valence electrons. The molecule has 2 N–H and O–H groups in total. The van der Waals surface area contributed by atoms with E-state index < -0.39 is 0 Å². The highest BCUT2D eigenvalue weighted by Gasteiger charge is 2.05. The topological polar surface area (TPSA) is 40.5 Å². The smallest absolute Gasteiger partial charge is 0.0547 e. The Morgan fingerprint density at radius 1 is 1.11 bits per heavy atom. The lowest BCUT2D eigenvalue weighted by atomic mass is 10.5. The zero-order valence-corrected chi connectivity index (χ0v) is 6.69. The minimum Gasteiger partial charge on any atom is -0.395 e. The largest absolute Gasteiger partial charge is 0.395 e. The van der Waals surface area contributed by atoms with Crippen LogP contribution in [0, 0.1) is 0 Å². The van der Waals surface area contributed by atoms with Gasteiger partial charge in [0.2, 0.25) is 0 Å². The summed E-state index contributed by atoms with van der Waals surface area (Å²) in [5.74, 6) is 0. The van der Waals surface area contributed by atoms with Crippen LogP contribution < -0.4 is 0 Å². The minimum atomic E-state index is 0.189. The van der Waals surface area contributed by atoms with E-state index in [0.29, 0.717) is 0 Å².